The molecule has 0 amide bonds. The van der Waals surface area contributed by atoms with Crippen LogP contribution in [0.25, 0.3) is 0 Å². The summed E-state index contributed by atoms with van der Waals surface area (Å²) in [4.78, 5) is 4.01. The molecule has 0 spiro atoms. The zero-order valence-corrected chi connectivity index (χ0v) is 14.6. The fourth-order valence-electron chi connectivity index (χ4n) is 1.55. The highest BCUT2D eigenvalue weighted by molar-refractivity contribution is 9.10. The second-order valence-electron chi connectivity index (χ2n) is 4.31. The van der Waals surface area contributed by atoms with Crippen molar-refractivity contribution in [3.63, 3.8) is 0 Å². The van der Waals surface area contributed by atoms with Crippen molar-refractivity contribution in [3.8, 4) is 5.88 Å². The molecule has 0 radical (unpaired) electrons. The quantitative estimate of drug-likeness (QED) is 0.161. The first kappa shape index (κ1) is 19.2. The van der Waals surface area contributed by atoms with Crippen molar-refractivity contribution >= 4 is 37.8 Å². The molecule has 0 aliphatic heterocycles. The van der Waals surface area contributed by atoms with E-state index in [1.807, 2.05) is 0 Å². The number of amidine groups is 1. The molecular formula is C11H11BrFN5O6S. The zero-order valence-electron chi connectivity index (χ0n) is 12.2. The normalized spacial score (nSPS) is 12.2. The molecule has 136 valence electrons. The smallest absolute Gasteiger partial charge is 0.333 e. The Kier molecular flexibility index (Phi) is 6.38. The molecule has 2 aromatic rings. The number of nitrogens with one attached hydrogen (secondary N) is 2. The summed E-state index contributed by atoms with van der Waals surface area (Å²) >= 11 is 3.00. The Bertz CT molecular complexity index is 874. The Morgan fingerprint density at radius 2 is 2.20 bits per heavy atom. The topological polar surface area (TPSA) is 159 Å². The average Bonchev–Trinajstić information content (AvgIpc) is 3.00. The summed E-state index contributed by atoms with van der Waals surface area (Å²) in [5.41, 5.74) is 1.94. The van der Waals surface area contributed by atoms with E-state index in [-0.39, 0.29) is 40.7 Å². The Labute approximate surface area is 148 Å². The van der Waals surface area contributed by atoms with Crippen LogP contribution in [0, 0.1) is 5.82 Å². The van der Waals surface area contributed by atoms with Crippen LogP contribution in [0.15, 0.2) is 32.3 Å². The molecular weight excluding hydrogens is 429 g/mol. The SMILES string of the molecule is O=S(=O)(O)NCCOc1nonc1C(=Nc1ccc(F)c(Br)c1)NO. The fraction of sp³-hybridized carbons (Fsp3) is 0.182. The average molecular weight is 440 g/mol. The highest BCUT2D eigenvalue weighted by Crippen LogP contribution is 2.23. The number of hydroxylamine groups is 1. The van der Waals surface area contributed by atoms with Gasteiger partial charge in [0.15, 0.2) is 5.84 Å². The minimum absolute atomic E-state index is 0.116. The number of nitrogens with zero attached hydrogens (tertiary/aromatic N) is 3. The zero-order chi connectivity index (χ0) is 18.4. The molecule has 0 saturated heterocycles. The van der Waals surface area contributed by atoms with Gasteiger partial charge in [0, 0.05) is 6.54 Å². The van der Waals surface area contributed by atoms with Crippen LogP contribution in [-0.4, -0.2) is 47.5 Å². The van der Waals surface area contributed by atoms with Gasteiger partial charge in [-0.25, -0.2) is 14.0 Å². The van der Waals surface area contributed by atoms with Gasteiger partial charge in [-0.2, -0.15) is 13.1 Å². The summed E-state index contributed by atoms with van der Waals surface area (Å²) in [6.07, 6.45) is 0. The van der Waals surface area contributed by atoms with Crippen LogP contribution in [-0.2, 0) is 10.3 Å². The lowest BCUT2D eigenvalue weighted by Gasteiger charge is -2.05. The van der Waals surface area contributed by atoms with Crippen LogP contribution in [0.4, 0.5) is 10.1 Å². The molecule has 0 fully saturated rings. The predicted octanol–water partition coefficient (Wildman–Crippen LogP) is 0.800. The lowest BCUT2D eigenvalue weighted by molar-refractivity contribution is 0.233. The van der Waals surface area contributed by atoms with Gasteiger partial charge in [0.2, 0.25) is 5.69 Å². The van der Waals surface area contributed by atoms with E-state index in [4.69, 9.17) is 9.29 Å². The molecule has 0 saturated carbocycles. The van der Waals surface area contributed by atoms with Gasteiger partial charge in [-0.15, -0.1) is 0 Å². The first-order chi connectivity index (χ1) is 11.8. The number of aromatic nitrogens is 2. The fourth-order valence-corrected chi connectivity index (χ4v) is 2.26. The van der Waals surface area contributed by atoms with E-state index in [0.717, 1.165) is 6.07 Å². The Morgan fingerprint density at radius 1 is 1.44 bits per heavy atom. The standard InChI is InChI=1S/C11H11BrFN5O6S/c12-7-5-6(1-2-8(7)13)15-10(16-19)9-11(18-24-17-9)23-4-3-14-25(20,21)22/h1-2,5,14,19H,3-4H2,(H,15,16)(H,20,21,22). The number of benzene rings is 1. The molecule has 1 aromatic heterocycles. The number of ether oxygens (including phenoxy) is 1. The van der Waals surface area contributed by atoms with Gasteiger partial charge in [0.25, 0.3) is 5.88 Å². The van der Waals surface area contributed by atoms with Crippen molar-refractivity contribution < 1.29 is 31.9 Å². The van der Waals surface area contributed by atoms with Crippen molar-refractivity contribution in [2.45, 2.75) is 0 Å². The van der Waals surface area contributed by atoms with Crippen molar-refractivity contribution in [1.82, 2.24) is 20.5 Å². The van der Waals surface area contributed by atoms with E-state index < -0.39 is 16.1 Å². The highest BCUT2D eigenvalue weighted by atomic mass is 79.9. The maximum atomic E-state index is 13.2. The van der Waals surface area contributed by atoms with Gasteiger partial charge in [0.05, 0.1) is 10.2 Å². The predicted molar refractivity (Wildman–Crippen MR) is 84.6 cm³/mol. The summed E-state index contributed by atoms with van der Waals surface area (Å²) in [6.45, 7) is -0.475. The van der Waals surface area contributed by atoms with E-state index >= 15 is 0 Å². The molecule has 11 nitrogen and oxygen atoms in total. The van der Waals surface area contributed by atoms with E-state index in [2.05, 4.69) is 35.9 Å². The summed E-state index contributed by atoms with van der Waals surface area (Å²) in [7, 11) is -4.35. The van der Waals surface area contributed by atoms with Crippen LogP contribution in [0.3, 0.4) is 0 Å². The summed E-state index contributed by atoms with van der Waals surface area (Å²) in [5.74, 6) is -0.896. The molecule has 1 heterocycles. The molecule has 4 N–H and O–H groups in total. The summed E-state index contributed by atoms with van der Waals surface area (Å²) in [5, 5.41) is 16.2. The van der Waals surface area contributed by atoms with Gasteiger partial charge >= 0.3 is 10.3 Å². The van der Waals surface area contributed by atoms with Crippen molar-refractivity contribution in [2.24, 2.45) is 4.99 Å². The van der Waals surface area contributed by atoms with E-state index in [0.29, 0.717) is 0 Å². The highest BCUT2D eigenvalue weighted by Gasteiger charge is 2.18. The summed E-state index contributed by atoms with van der Waals surface area (Å²) in [6, 6.07) is 3.87. The van der Waals surface area contributed by atoms with Crippen LogP contribution < -0.4 is 14.9 Å². The first-order valence-electron chi connectivity index (χ1n) is 6.42. The minimum atomic E-state index is -4.35. The van der Waals surface area contributed by atoms with Crippen molar-refractivity contribution in [1.29, 1.82) is 0 Å². The molecule has 14 heteroatoms. The van der Waals surface area contributed by atoms with Crippen LogP contribution in [0.2, 0.25) is 0 Å². The van der Waals surface area contributed by atoms with Crippen LogP contribution >= 0.6 is 15.9 Å². The molecule has 25 heavy (non-hydrogen) atoms. The monoisotopic (exact) mass is 439 g/mol. The Hall–Kier alpha value is -2.13. The third-order valence-corrected chi connectivity index (χ3v) is 3.73. The van der Waals surface area contributed by atoms with Gasteiger partial charge in [-0.3, -0.25) is 15.2 Å². The first-order valence-corrected chi connectivity index (χ1v) is 8.65. The largest absolute Gasteiger partial charge is 0.472 e. The third kappa shape index (κ3) is 5.71. The maximum Gasteiger partial charge on any atom is 0.333 e. The summed E-state index contributed by atoms with van der Waals surface area (Å²) < 4.78 is 54.4. The molecule has 2 rings (SSSR count). The van der Waals surface area contributed by atoms with Crippen LogP contribution in [0.5, 0.6) is 5.88 Å². The van der Waals surface area contributed by atoms with Gasteiger partial charge in [0.1, 0.15) is 12.4 Å². The Morgan fingerprint density at radius 3 is 2.84 bits per heavy atom. The third-order valence-electron chi connectivity index (χ3n) is 2.56. The second kappa shape index (κ2) is 8.30. The number of aliphatic imine (C=N–C) groups is 1. The van der Waals surface area contributed by atoms with Gasteiger partial charge in [-0.05, 0) is 44.4 Å². The van der Waals surface area contributed by atoms with E-state index in [1.165, 1.54) is 12.1 Å². The van der Waals surface area contributed by atoms with Gasteiger partial charge < -0.3 is 4.74 Å². The molecule has 0 aliphatic carbocycles. The molecule has 0 aliphatic rings. The lowest BCUT2D eigenvalue weighted by atomic mass is 10.3. The van der Waals surface area contributed by atoms with Crippen molar-refractivity contribution in [3.05, 3.63) is 34.2 Å². The number of rotatable bonds is 7. The molecule has 0 atom stereocenters. The number of hydrogen-bond donors (Lipinski definition) is 4. The number of halogens is 2. The van der Waals surface area contributed by atoms with E-state index in [1.54, 1.807) is 10.2 Å². The molecule has 1 aromatic carbocycles. The minimum Gasteiger partial charge on any atom is -0.472 e. The van der Waals surface area contributed by atoms with Crippen molar-refractivity contribution in [2.75, 3.05) is 13.2 Å². The number of hydrogen-bond acceptors (Lipinski definition) is 8. The lowest BCUT2D eigenvalue weighted by Crippen LogP contribution is -2.28. The second-order valence-corrected chi connectivity index (χ2v) is 6.40. The Balaban J connectivity index is 2.14. The molecule has 0 bridgehead atoms. The van der Waals surface area contributed by atoms with E-state index in [9.17, 15) is 18.0 Å². The van der Waals surface area contributed by atoms with Crippen LogP contribution in [0.1, 0.15) is 5.69 Å². The molecule has 0 unspecified atom stereocenters. The van der Waals surface area contributed by atoms with Gasteiger partial charge in [-0.1, -0.05) is 0 Å². The maximum absolute atomic E-state index is 13.2.